The van der Waals surface area contributed by atoms with Gasteiger partial charge in [-0.3, -0.25) is 4.90 Å². The van der Waals surface area contributed by atoms with Crippen molar-refractivity contribution in [3.05, 3.63) is 65.5 Å². The monoisotopic (exact) mass is 557 g/mol. The second-order valence-electron chi connectivity index (χ2n) is 11.2. The average molecular weight is 558 g/mol. The quantitative estimate of drug-likeness (QED) is 0.469. The van der Waals surface area contributed by atoms with Gasteiger partial charge in [0.25, 0.3) is 0 Å². The Labute approximate surface area is 232 Å². The first kappa shape index (κ1) is 28.1. The summed E-state index contributed by atoms with van der Waals surface area (Å²) in [6.45, 7) is 4.81. The second kappa shape index (κ2) is 12.4. The van der Waals surface area contributed by atoms with E-state index >= 15 is 0 Å². The van der Waals surface area contributed by atoms with Gasteiger partial charge in [0.15, 0.2) is 0 Å². The fraction of sp³-hybridized carbons (Fsp3) is 0.567. The van der Waals surface area contributed by atoms with Gasteiger partial charge in [0, 0.05) is 32.2 Å². The molecule has 0 spiro atoms. The van der Waals surface area contributed by atoms with Crippen molar-refractivity contribution in [3.8, 4) is 0 Å². The SMILES string of the molecule is Cc1ccc(S(=O)(=O)N2[C@@H](COC(=O)N3CCN(C4CCCCC4)CC3)CCC[C@H]2c2cccc(F)c2)cc1. The number of nitrogens with zero attached hydrogens (tertiary/aromatic N) is 3. The van der Waals surface area contributed by atoms with Gasteiger partial charge in [-0.05, 0) is 68.9 Å². The molecule has 0 bridgehead atoms. The molecule has 0 radical (unpaired) electrons. The maximum absolute atomic E-state index is 14.2. The Balaban J connectivity index is 1.30. The first-order valence-electron chi connectivity index (χ1n) is 14.3. The predicted molar refractivity (Wildman–Crippen MR) is 148 cm³/mol. The minimum absolute atomic E-state index is 0.0292. The summed E-state index contributed by atoms with van der Waals surface area (Å²) < 4.78 is 49.4. The van der Waals surface area contributed by atoms with E-state index in [0.717, 1.165) is 25.1 Å². The summed E-state index contributed by atoms with van der Waals surface area (Å²) in [5, 5.41) is 0. The molecule has 2 heterocycles. The van der Waals surface area contributed by atoms with Crippen molar-refractivity contribution >= 4 is 16.1 Å². The molecule has 2 aromatic carbocycles. The molecule has 0 aromatic heterocycles. The highest BCUT2D eigenvalue weighted by atomic mass is 32.2. The number of piperazine rings is 1. The van der Waals surface area contributed by atoms with Gasteiger partial charge >= 0.3 is 6.09 Å². The highest BCUT2D eigenvalue weighted by Gasteiger charge is 2.41. The molecule has 1 amide bonds. The predicted octanol–water partition coefficient (Wildman–Crippen LogP) is 5.51. The number of aryl methyl sites for hydroxylation is 1. The van der Waals surface area contributed by atoms with E-state index in [4.69, 9.17) is 4.74 Å². The van der Waals surface area contributed by atoms with Crippen LogP contribution in [0.15, 0.2) is 53.4 Å². The standard InChI is InChI=1S/C30H40FN3O4S/c1-23-13-15-28(16-14-23)39(36,37)34-27(11-6-12-29(34)24-7-5-8-25(31)21-24)22-38-30(35)33-19-17-32(18-20-33)26-9-3-2-4-10-26/h5,7-8,13-16,21,26-27,29H,2-4,6,9-12,17-20,22H2,1H3/t27-,29+/m1/s1. The van der Waals surface area contributed by atoms with Gasteiger partial charge < -0.3 is 9.64 Å². The van der Waals surface area contributed by atoms with E-state index in [0.29, 0.717) is 37.5 Å². The molecule has 2 aliphatic heterocycles. The molecule has 5 rings (SSSR count). The van der Waals surface area contributed by atoms with E-state index in [-0.39, 0.29) is 17.6 Å². The van der Waals surface area contributed by atoms with Gasteiger partial charge in [-0.1, -0.05) is 49.1 Å². The summed E-state index contributed by atoms with van der Waals surface area (Å²) in [6, 6.07) is 12.5. The fourth-order valence-corrected chi connectivity index (χ4v) is 8.25. The maximum atomic E-state index is 14.2. The van der Waals surface area contributed by atoms with E-state index in [9.17, 15) is 17.6 Å². The molecule has 3 fully saturated rings. The molecular formula is C30H40FN3O4S. The van der Waals surface area contributed by atoms with Crippen LogP contribution in [0.5, 0.6) is 0 Å². The number of hydrogen-bond acceptors (Lipinski definition) is 5. The van der Waals surface area contributed by atoms with Crippen molar-refractivity contribution in [1.29, 1.82) is 0 Å². The minimum atomic E-state index is -3.93. The fourth-order valence-electron chi connectivity index (χ4n) is 6.41. The molecule has 2 saturated heterocycles. The topological polar surface area (TPSA) is 70.2 Å². The zero-order valence-corrected chi connectivity index (χ0v) is 23.6. The molecule has 2 aromatic rings. The number of ether oxygens (including phenoxy) is 1. The van der Waals surface area contributed by atoms with Crippen LogP contribution in [0.25, 0.3) is 0 Å². The van der Waals surface area contributed by atoms with Crippen molar-refractivity contribution < 1.29 is 22.3 Å². The molecule has 9 heteroatoms. The highest BCUT2D eigenvalue weighted by Crippen LogP contribution is 2.39. The molecular weight excluding hydrogens is 517 g/mol. The molecule has 2 atom stereocenters. The van der Waals surface area contributed by atoms with Crippen molar-refractivity contribution in [3.63, 3.8) is 0 Å². The van der Waals surface area contributed by atoms with Crippen molar-refractivity contribution in [2.75, 3.05) is 32.8 Å². The molecule has 212 valence electrons. The third kappa shape index (κ3) is 6.47. The lowest BCUT2D eigenvalue weighted by Crippen LogP contribution is -2.53. The third-order valence-electron chi connectivity index (χ3n) is 8.57. The van der Waals surface area contributed by atoms with Crippen LogP contribution in [0, 0.1) is 12.7 Å². The van der Waals surface area contributed by atoms with Crippen LogP contribution in [-0.4, -0.2) is 73.5 Å². The van der Waals surface area contributed by atoms with Gasteiger partial charge in [-0.2, -0.15) is 4.31 Å². The molecule has 0 N–H and O–H groups in total. The molecule has 7 nitrogen and oxygen atoms in total. The van der Waals surface area contributed by atoms with E-state index < -0.39 is 27.9 Å². The molecule has 1 saturated carbocycles. The Morgan fingerprint density at radius 1 is 0.923 bits per heavy atom. The Kier molecular flexibility index (Phi) is 8.89. The van der Waals surface area contributed by atoms with Crippen molar-refractivity contribution in [1.82, 2.24) is 14.1 Å². The zero-order chi connectivity index (χ0) is 27.4. The average Bonchev–Trinajstić information content (AvgIpc) is 2.96. The number of amides is 1. The third-order valence-corrected chi connectivity index (χ3v) is 10.6. The summed E-state index contributed by atoms with van der Waals surface area (Å²) >= 11 is 0. The van der Waals surface area contributed by atoms with Crippen LogP contribution < -0.4 is 0 Å². The van der Waals surface area contributed by atoms with Crippen LogP contribution >= 0.6 is 0 Å². The lowest BCUT2D eigenvalue weighted by molar-refractivity contribution is 0.0382. The van der Waals surface area contributed by atoms with E-state index in [1.54, 1.807) is 41.3 Å². The lowest BCUT2D eigenvalue weighted by atomic mass is 9.93. The minimum Gasteiger partial charge on any atom is -0.448 e. The number of halogens is 1. The van der Waals surface area contributed by atoms with Crippen LogP contribution in [0.3, 0.4) is 0 Å². The smallest absolute Gasteiger partial charge is 0.409 e. The van der Waals surface area contributed by atoms with Gasteiger partial charge in [0.05, 0.1) is 17.0 Å². The van der Waals surface area contributed by atoms with Crippen LogP contribution in [0.2, 0.25) is 0 Å². The van der Waals surface area contributed by atoms with Crippen LogP contribution in [0.4, 0.5) is 9.18 Å². The van der Waals surface area contributed by atoms with Crippen LogP contribution in [-0.2, 0) is 14.8 Å². The Morgan fingerprint density at radius 2 is 1.64 bits per heavy atom. The number of hydrogen-bond donors (Lipinski definition) is 0. The molecule has 3 aliphatic rings. The zero-order valence-electron chi connectivity index (χ0n) is 22.8. The maximum Gasteiger partial charge on any atom is 0.409 e. The normalized spacial score (nSPS) is 24.0. The number of sulfonamides is 1. The first-order valence-corrected chi connectivity index (χ1v) is 15.8. The number of rotatable bonds is 6. The van der Waals surface area contributed by atoms with E-state index in [1.807, 2.05) is 6.92 Å². The summed E-state index contributed by atoms with van der Waals surface area (Å²) in [5.41, 5.74) is 1.57. The van der Waals surface area contributed by atoms with Gasteiger partial charge in [0.1, 0.15) is 12.4 Å². The van der Waals surface area contributed by atoms with Crippen LogP contribution in [0.1, 0.15) is 68.5 Å². The Morgan fingerprint density at radius 3 is 2.33 bits per heavy atom. The number of benzene rings is 2. The molecule has 0 unspecified atom stereocenters. The summed E-state index contributed by atoms with van der Waals surface area (Å²) in [6.07, 6.45) is 7.87. The number of carbonyl (C=O) groups excluding carboxylic acids is 1. The highest BCUT2D eigenvalue weighted by molar-refractivity contribution is 7.89. The van der Waals surface area contributed by atoms with E-state index in [1.165, 1.54) is 48.5 Å². The largest absolute Gasteiger partial charge is 0.448 e. The van der Waals surface area contributed by atoms with Gasteiger partial charge in [-0.15, -0.1) is 0 Å². The Bertz CT molecular complexity index is 1230. The second-order valence-corrected chi connectivity index (χ2v) is 13.0. The van der Waals surface area contributed by atoms with Gasteiger partial charge in [0.2, 0.25) is 10.0 Å². The summed E-state index contributed by atoms with van der Waals surface area (Å²) in [7, 11) is -3.93. The number of piperidine rings is 1. The lowest BCUT2D eigenvalue weighted by Gasteiger charge is -2.42. The van der Waals surface area contributed by atoms with E-state index in [2.05, 4.69) is 4.90 Å². The summed E-state index contributed by atoms with van der Waals surface area (Å²) in [4.78, 5) is 17.5. The first-order chi connectivity index (χ1) is 18.8. The van der Waals surface area contributed by atoms with Gasteiger partial charge in [-0.25, -0.2) is 17.6 Å². The summed E-state index contributed by atoms with van der Waals surface area (Å²) in [5.74, 6) is -0.402. The molecule has 39 heavy (non-hydrogen) atoms. The Hall–Kier alpha value is -2.49. The number of carbonyl (C=O) groups is 1. The van der Waals surface area contributed by atoms with Crippen molar-refractivity contribution in [2.45, 2.75) is 81.3 Å². The van der Waals surface area contributed by atoms with Crippen molar-refractivity contribution in [2.24, 2.45) is 0 Å². The molecule has 1 aliphatic carbocycles.